The number of nitrogens with zero attached hydrogens (tertiary/aromatic N) is 2. The van der Waals surface area contributed by atoms with E-state index < -0.39 is 11.6 Å². The van der Waals surface area contributed by atoms with E-state index in [4.69, 9.17) is 5.26 Å². The summed E-state index contributed by atoms with van der Waals surface area (Å²) in [4.78, 5) is 15.2. The summed E-state index contributed by atoms with van der Waals surface area (Å²) >= 11 is 0. The van der Waals surface area contributed by atoms with Crippen molar-refractivity contribution in [2.24, 2.45) is 17.8 Å². The predicted octanol–water partition coefficient (Wildman–Crippen LogP) is 4.33. The van der Waals surface area contributed by atoms with Crippen molar-refractivity contribution in [2.75, 3.05) is 13.1 Å². The van der Waals surface area contributed by atoms with Crippen LogP contribution in [0.15, 0.2) is 18.2 Å². The van der Waals surface area contributed by atoms with Crippen LogP contribution in [0.5, 0.6) is 0 Å². The van der Waals surface area contributed by atoms with E-state index in [1.165, 1.54) is 31.4 Å². The first kappa shape index (κ1) is 20.3. The molecular formula is C23H29F2N3O. The molecule has 0 heterocycles. The summed E-state index contributed by atoms with van der Waals surface area (Å²) in [6.07, 6.45) is 7.42. The van der Waals surface area contributed by atoms with Crippen LogP contribution in [-0.4, -0.2) is 29.4 Å². The van der Waals surface area contributed by atoms with Crippen LogP contribution >= 0.6 is 0 Å². The topological polar surface area (TPSA) is 56.1 Å². The Morgan fingerprint density at radius 3 is 2.38 bits per heavy atom. The molecule has 0 spiro atoms. The average molecular weight is 402 g/mol. The van der Waals surface area contributed by atoms with Crippen molar-refractivity contribution in [3.05, 3.63) is 35.4 Å². The van der Waals surface area contributed by atoms with Crippen LogP contribution in [0.4, 0.5) is 8.78 Å². The van der Waals surface area contributed by atoms with E-state index in [2.05, 4.69) is 11.4 Å². The highest BCUT2D eigenvalue weighted by Gasteiger charge is 2.54. The van der Waals surface area contributed by atoms with Crippen LogP contribution in [0, 0.1) is 40.7 Å². The number of nitrogens with one attached hydrogen (secondary N) is 1. The first-order chi connectivity index (χ1) is 13.9. The fourth-order valence-electron chi connectivity index (χ4n) is 6.42. The molecule has 0 saturated heterocycles. The van der Waals surface area contributed by atoms with E-state index in [-0.39, 0.29) is 24.0 Å². The summed E-state index contributed by atoms with van der Waals surface area (Å²) in [7, 11) is 0. The van der Waals surface area contributed by atoms with Crippen molar-refractivity contribution in [3.63, 3.8) is 0 Å². The zero-order valence-corrected chi connectivity index (χ0v) is 17.0. The van der Waals surface area contributed by atoms with Crippen LogP contribution in [0.3, 0.4) is 0 Å². The molecule has 0 radical (unpaired) electrons. The van der Waals surface area contributed by atoms with Crippen LogP contribution in [0.1, 0.15) is 63.5 Å². The van der Waals surface area contributed by atoms with Gasteiger partial charge in [0.05, 0.1) is 19.0 Å². The molecule has 4 bridgehead atoms. The van der Waals surface area contributed by atoms with E-state index in [0.717, 1.165) is 25.3 Å². The molecule has 4 nitrogen and oxygen atoms in total. The lowest BCUT2D eigenvalue weighted by Crippen LogP contribution is -2.62. The fraction of sp³-hybridized carbons (Fsp3) is 0.652. The number of benzene rings is 1. The second-order valence-electron chi connectivity index (χ2n) is 9.37. The number of amides is 1. The smallest absolute Gasteiger partial charge is 0.237 e. The van der Waals surface area contributed by atoms with E-state index in [9.17, 15) is 13.6 Å². The number of carbonyl (C=O) groups is 1. The second-order valence-corrected chi connectivity index (χ2v) is 9.37. The van der Waals surface area contributed by atoms with E-state index in [1.54, 1.807) is 0 Å². The van der Waals surface area contributed by atoms with Gasteiger partial charge in [-0.3, -0.25) is 4.79 Å². The summed E-state index contributed by atoms with van der Waals surface area (Å²) in [5, 5.41) is 12.3. The Morgan fingerprint density at radius 2 is 1.83 bits per heavy atom. The van der Waals surface area contributed by atoms with Gasteiger partial charge in [-0.15, -0.1) is 0 Å². The monoisotopic (exact) mass is 401 g/mol. The maximum Gasteiger partial charge on any atom is 0.237 e. The van der Waals surface area contributed by atoms with Crippen LogP contribution in [0.25, 0.3) is 0 Å². The van der Waals surface area contributed by atoms with Gasteiger partial charge in [0.1, 0.15) is 0 Å². The number of rotatable bonds is 7. The van der Waals surface area contributed by atoms with Crippen molar-refractivity contribution < 1.29 is 13.6 Å². The fourth-order valence-corrected chi connectivity index (χ4v) is 6.42. The molecule has 4 aliphatic rings. The Kier molecular flexibility index (Phi) is 5.61. The highest BCUT2D eigenvalue weighted by molar-refractivity contribution is 5.79. The molecule has 1 aromatic rings. The van der Waals surface area contributed by atoms with Gasteiger partial charge in [-0.05, 0) is 80.9 Å². The van der Waals surface area contributed by atoms with Crippen LogP contribution in [-0.2, 0) is 4.79 Å². The standard InChI is InChI=1S/C23H29F2N3O/c1-15(19-3-4-20(24)21(25)10-19)27-14-22(29)28(6-2-5-26)23-11-16-7-17(12-23)9-18(8-16)13-23/h3-4,10,15-18,27H,2,6-9,11-14H2,1H3/t15-,16?,17?,18?,23?/m0/s1. The maximum atomic E-state index is 13.5. The Morgan fingerprint density at radius 1 is 1.21 bits per heavy atom. The van der Waals surface area contributed by atoms with E-state index in [0.29, 0.717) is 36.3 Å². The predicted molar refractivity (Wildman–Crippen MR) is 106 cm³/mol. The molecule has 5 rings (SSSR count). The third-order valence-electron chi connectivity index (χ3n) is 7.33. The van der Waals surface area contributed by atoms with Gasteiger partial charge in [0, 0.05) is 18.1 Å². The Hall–Kier alpha value is -2.00. The first-order valence-electron chi connectivity index (χ1n) is 10.8. The third kappa shape index (κ3) is 4.02. The highest BCUT2D eigenvalue weighted by Crippen LogP contribution is 2.57. The van der Waals surface area contributed by atoms with Gasteiger partial charge in [0.15, 0.2) is 11.6 Å². The Labute approximate surface area is 171 Å². The molecule has 1 aromatic carbocycles. The lowest BCUT2D eigenvalue weighted by atomic mass is 9.52. The van der Waals surface area contributed by atoms with Gasteiger partial charge in [-0.1, -0.05) is 6.07 Å². The van der Waals surface area contributed by atoms with Crippen LogP contribution < -0.4 is 5.32 Å². The minimum atomic E-state index is -0.883. The number of carbonyl (C=O) groups excluding carboxylic acids is 1. The Balaban J connectivity index is 1.45. The molecule has 0 unspecified atom stereocenters. The van der Waals surface area contributed by atoms with E-state index in [1.807, 2.05) is 11.8 Å². The SMILES string of the molecule is C[C@H](NCC(=O)N(CCC#N)C12CC3CC(CC(C3)C1)C2)c1ccc(F)c(F)c1. The summed E-state index contributed by atoms with van der Waals surface area (Å²) in [5.74, 6) is 0.401. The molecule has 4 saturated carbocycles. The minimum Gasteiger partial charge on any atom is -0.335 e. The molecular weight excluding hydrogens is 372 g/mol. The van der Waals surface area contributed by atoms with Crippen LogP contribution in [0.2, 0.25) is 0 Å². The zero-order chi connectivity index (χ0) is 20.6. The molecule has 4 aliphatic carbocycles. The maximum absolute atomic E-state index is 13.5. The minimum absolute atomic E-state index is 0.0108. The summed E-state index contributed by atoms with van der Waals surface area (Å²) < 4.78 is 26.7. The summed E-state index contributed by atoms with van der Waals surface area (Å²) in [5.41, 5.74) is 0.519. The molecule has 29 heavy (non-hydrogen) atoms. The zero-order valence-electron chi connectivity index (χ0n) is 17.0. The Bertz CT molecular complexity index is 784. The average Bonchev–Trinajstić information content (AvgIpc) is 2.67. The number of hydrogen-bond donors (Lipinski definition) is 1. The number of halogens is 2. The highest BCUT2D eigenvalue weighted by atomic mass is 19.2. The molecule has 4 fully saturated rings. The summed E-state index contributed by atoms with van der Waals surface area (Å²) in [6, 6.07) is 5.74. The number of nitriles is 1. The molecule has 1 amide bonds. The molecule has 1 atom stereocenters. The molecule has 0 aromatic heterocycles. The third-order valence-corrected chi connectivity index (χ3v) is 7.33. The van der Waals surface area contributed by atoms with Gasteiger partial charge in [-0.2, -0.15) is 5.26 Å². The van der Waals surface area contributed by atoms with Gasteiger partial charge in [0.25, 0.3) is 0 Å². The van der Waals surface area contributed by atoms with Crippen molar-refractivity contribution in [1.29, 1.82) is 5.26 Å². The molecule has 0 aliphatic heterocycles. The van der Waals surface area contributed by atoms with Crippen molar-refractivity contribution >= 4 is 5.91 Å². The van der Waals surface area contributed by atoms with Gasteiger partial charge in [0.2, 0.25) is 5.91 Å². The van der Waals surface area contributed by atoms with Gasteiger partial charge < -0.3 is 10.2 Å². The lowest BCUT2D eigenvalue weighted by Gasteiger charge is -2.60. The van der Waals surface area contributed by atoms with Crippen molar-refractivity contribution in [3.8, 4) is 6.07 Å². The number of hydrogen-bond acceptors (Lipinski definition) is 3. The van der Waals surface area contributed by atoms with Gasteiger partial charge in [-0.25, -0.2) is 8.78 Å². The lowest BCUT2D eigenvalue weighted by molar-refractivity contribution is -0.149. The first-order valence-corrected chi connectivity index (χ1v) is 10.8. The molecule has 1 N–H and O–H groups in total. The van der Waals surface area contributed by atoms with E-state index >= 15 is 0 Å². The summed E-state index contributed by atoms with van der Waals surface area (Å²) in [6.45, 7) is 2.44. The normalized spacial score (nSPS) is 30.8. The van der Waals surface area contributed by atoms with Gasteiger partial charge >= 0.3 is 0 Å². The molecule has 6 heteroatoms. The molecule has 156 valence electrons. The quantitative estimate of drug-likeness (QED) is 0.740. The van der Waals surface area contributed by atoms with Crippen molar-refractivity contribution in [2.45, 2.75) is 63.5 Å². The van der Waals surface area contributed by atoms with Crippen molar-refractivity contribution in [1.82, 2.24) is 10.2 Å². The second kappa shape index (κ2) is 8.02. The largest absolute Gasteiger partial charge is 0.335 e.